The van der Waals surface area contributed by atoms with Gasteiger partial charge in [-0.05, 0) is 124 Å². The Kier molecular flexibility index (Phi) is 9.06. The van der Waals surface area contributed by atoms with E-state index in [0.717, 1.165) is 38.7 Å². The number of nitrogens with zero attached hydrogens (tertiary/aromatic N) is 7. The minimum atomic E-state index is -4.69. The van der Waals surface area contributed by atoms with Gasteiger partial charge in [-0.3, -0.25) is 0 Å². The van der Waals surface area contributed by atoms with Crippen molar-refractivity contribution in [2.24, 2.45) is 0 Å². The van der Waals surface area contributed by atoms with E-state index in [1.807, 2.05) is 94.1 Å². The molecule has 0 saturated carbocycles. The lowest BCUT2D eigenvalue weighted by molar-refractivity contribution is -0.137. The van der Waals surface area contributed by atoms with Crippen molar-refractivity contribution in [3.05, 3.63) is 203 Å². The number of nitriles is 3. The number of para-hydroxylation sites is 2. The summed E-state index contributed by atoms with van der Waals surface area (Å²) < 4.78 is 48.5. The van der Waals surface area contributed by atoms with Crippen LogP contribution in [0.4, 0.5) is 24.5 Å². The molecule has 0 bridgehead atoms. The Morgan fingerprint density at radius 2 is 0.891 bits per heavy atom. The van der Waals surface area contributed by atoms with Crippen LogP contribution in [0.1, 0.15) is 22.3 Å². The zero-order chi connectivity index (χ0) is 44.3. The number of hydrogen-bond acceptors (Lipinski definition) is 3. The Labute approximate surface area is 363 Å². The van der Waals surface area contributed by atoms with Gasteiger partial charge >= 0.3 is 6.18 Å². The van der Waals surface area contributed by atoms with E-state index in [9.17, 15) is 29.0 Å². The van der Waals surface area contributed by atoms with E-state index in [4.69, 9.17) is 13.1 Å². The molecule has 7 nitrogen and oxygen atoms in total. The van der Waals surface area contributed by atoms with Gasteiger partial charge in [-0.15, -0.1) is 0 Å². The van der Waals surface area contributed by atoms with Gasteiger partial charge in [0.25, 0.3) is 0 Å². The van der Waals surface area contributed by atoms with Crippen LogP contribution >= 0.6 is 0 Å². The molecule has 10 rings (SSSR count). The van der Waals surface area contributed by atoms with Gasteiger partial charge in [0, 0.05) is 32.7 Å². The molecule has 2 heterocycles. The number of aromatic nitrogens is 2. The van der Waals surface area contributed by atoms with Gasteiger partial charge in [0.15, 0.2) is 11.4 Å². The third-order valence-corrected chi connectivity index (χ3v) is 11.6. The summed E-state index contributed by atoms with van der Waals surface area (Å²) in [4.78, 5) is 7.13. The zero-order valence-corrected chi connectivity index (χ0v) is 33.3. The number of rotatable bonds is 5. The van der Waals surface area contributed by atoms with Crippen LogP contribution in [0.15, 0.2) is 158 Å². The number of fused-ring (bicyclic) bond motifs is 6. The highest BCUT2D eigenvalue weighted by molar-refractivity contribution is 6.12. The van der Waals surface area contributed by atoms with Crippen LogP contribution in [-0.4, -0.2) is 9.13 Å². The van der Waals surface area contributed by atoms with E-state index in [2.05, 4.69) is 27.9 Å². The molecule has 0 aliphatic rings. The van der Waals surface area contributed by atoms with Crippen LogP contribution in [0, 0.1) is 47.1 Å². The fourth-order valence-corrected chi connectivity index (χ4v) is 8.85. The summed E-state index contributed by atoms with van der Waals surface area (Å²) in [5.74, 6) is 0. The molecule has 0 aliphatic carbocycles. The van der Waals surface area contributed by atoms with Gasteiger partial charge in [0.2, 0.25) is 0 Å². The van der Waals surface area contributed by atoms with Crippen molar-refractivity contribution >= 4 is 55.0 Å². The van der Waals surface area contributed by atoms with Crippen molar-refractivity contribution in [1.29, 1.82) is 15.8 Å². The Hall–Kier alpha value is -9.40. The standard InChI is InChI=1S/C54H26F3N7/c1-61-39-21-32(29-58)19-36(23-39)34-15-17-50-44(25-34)42-10-4-7-13-48(42)63(50)52-27-38(41-9-3-6-12-47(41)54(55,56)57)28-53(46(52)31-60)64-49-14-8-5-11-43(49)45-26-35(16-18-51(45)64)37-20-33(30-59)22-40(24-37)62-2/h3-28H. The maximum absolute atomic E-state index is 14.9. The molecular formula is C54H26F3N7. The fraction of sp³-hybridized carbons (Fsp3) is 0.0185. The average molecular weight is 830 g/mol. The molecular weight excluding hydrogens is 804 g/mol. The van der Waals surface area contributed by atoms with E-state index in [-0.39, 0.29) is 16.7 Å². The predicted molar refractivity (Wildman–Crippen MR) is 243 cm³/mol. The van der Waals surface area contributed by atoms with Crippen molar-refractivity contribution in [3.63, 3.8) is 0 Å². The van der Waals surface area contributed by atoms with Crippen LogP contribution in [0.2, 0.25) is 0 Å². The van der Waals surface area contributed by atoms with Crippen molar-refractivity contribution in [2.75, 3.05) is 0 Å². The molecule has 64 heavy (non-hydrogen) atoms. The minimum Gasteiger partial charge on any atom is -0.308 e. The van der Waals surface area contributed by atoms with Crippen molar-refractivity contribution in [3.8, 4) is 63.0 Å². The molecule has 2 aromatic heterocycles. The van der Waals surface area contributed by atoms with Gasteiger partial charge in [0.05, 0.1) is 64.3 Å². The van der Waals surface area contributed by atoms with E-state index < -0.39 is 11.7 Å². The molecule has 0 N–H and O–H groups in total. The minimum absolute atomic E-state index is 0.0610. The zero-order valence-electron chi connectivity index (χ0n) is 33.3. The summed E-state index contributed by atoms with van der Waals surface area (Å²) in [6.45, 7) is 15.2. The summed E-state index contributed by atoms with van der Waals surface area (Å²) >= 11 is 0. The highest BCUT2D eigenvalue weighted by atomic mass is 19.4. The fourth-order valence-electron chi connectivity index (χ4n) is 8.85. The SMILES string of the molecule is [C-]#[N+]c1cc(C#N)cc(-c2ccc3c(c2)c2ccccc2n3-c2cc(-c3ccccc3C(F)(F)F)cc(-n3c4ccccc4c4cc(-c5cc(C#N)cc([N+]#[C-])c5)ccc43)c2C#N)c1. The molecule has 0 radical (unpaired) electrons. The Morgan fingerprint density at radius 3 is 1.34 bits per heavy atom. The molecule has 298 valence electrons. The lowest BCUT2D eigenvalue weighted by Gasteiger charge is -2.20. The molecule has 8 aromatic carbocycles. The summed E-state index contributed by atoms with van der Waals surface area (Å²) in [7, 11) is 0. The number of halogens is 3. The molecule has 10 heteroatoms. The Bertz CT molecular complexity index is 3570. The lowest BCUT2D eigenvalue weighted by Crippen LogP contribution is -2.09. The van der Waals surface area contributed by atoms with E-state index in [0.29, 0.717) is 67.1 Å². The first-order chi connectivity index (χ1) is 31.1. The van der Waals surface area contributed by atoms with Gasteiger partial charge in [0.1, 0.15) is 11.6 Å². The first-order valence-electron chi connectivity index (χ1n) is 19.8. The summed E-state index contributed by atoms with van der Waals surface area (Å²) in [6, 6.07) is 52.1. The molecule has 0 spiro atoms. The molecule has 0 amide bonds. The normalized spacial score (nSPS) is 11.3. The van der Waals surface area contributed by atoms with E-state index >= 15 is 0 Å². The molecule has 0 saturated heterocycles. The topological polar surface area (TPSA) is 89.9 Å². The Morgan fingerprint density at radius 1 is 0.438 bits per heavy atom. The first-order valence-corrected chi connectivity index (χ1v) is 19.8. The maximum Gasteiger partial charge on any atom is 0.417 e. The quantitative estimate of drug-likeness (QED) is 0.162. The smallest absolute Gasteiger partial charge is 0.308 e. The predicted octanol–water partition coefficient (Wildman–Crippen LogP) is 14.6. The molecule has 0 unspecified atom stereocenters. The number of alkyl halides is 3. The lowest BCUT2D eigenvalue weighted by atomic mass is 9.96. The highest BCUT2D eigenvalue weighted by Gasteiger charge is 2.34. The number of hydrogen-bond donors (Lipinski definition) is 0. The van der Waals surface area contributed by atoms with Crippen molar-refractivity contribution < 1.29 is 13.2 Å². The monoisotopic (exact) mass is 829 g/mol. The highest BCUT2D eigenvalue weighted by Crippen LogP contribution is 2.44. The molecule has 0 fully saturated rings. The largest absolute Gasteiger partial charge is 0.417 e. The van der Waals surface area contributed by atoms with Crippen LogP contribution in [-0.2, 0) is 6.18 Å². The molecule has 10 aromatic rings. The second-order valence-electron chi connectivity index (χ2n) is 15.2. The molecule has 0 atom stereocenters. The van der Waals surface area contributed by atoms with E-state index in [1.54, 1.807) is 42.5 Å². The molecule has 0 aliphatic heterocycles. The van der Waals surface area contributed by atoms with Crippen LogP contribution in [0.5, 0.6) is 0 Å². The number of benzene rings is 8. The summed E-state index contributed by atoms with van der Waals surface area (Å²) in [5, 5.41) is 34.0. The van der Waals surface area contributed by atoms with Crippen LogP contribution in [0.25, 0.3) is 98.1 Å². The van der Waals surface area contributed by atoms with Crippen LogP contribution in [0.3, 0.4) is 0 Å². The second-order valence-corrected chi connectivity index (χ2v) is 15.2. The maximum atomic E-state index is 14.9. The third kappa shape index (κ3) is 6.26. The third-order valence-electron chi connectivity index (χ3n) is 11.6. The average Bonchev–Trinajstić information content (AvgIpc) is 3.84. The van der Waals surface area contributed by atoms with Crippen LogP contribution < -0.4 is 0 Å². The summed E-state index contributed by atoms with van der Waals surface area (Å²) in [6.07, 6.45) is -4.69. The van der Waals surface area contributed by atoms with Gasteiger partial charge < -0.3 is 9.13 Å². The van der Waals surface area contributed by atoms with Gasteiger partial charge in [-0.25, -0.2) is 9.69 Å². The van der Waals surface area contributed by atoms with Crippen molar-refractivity contribution in [1.82, 2.24) is 9.13 Å². The summed E-state index contributed by atoms with van der Waals surface area (Å²) in [5.41, 5.74) is 7.23. The van der Waals surface area contributed by atoms with Gasteiger partial charge in [-0.1, -0.05) is 66.7 Å². The van der Waals surface area contributed by atoms with Crippen molar-refractivity contribution in [2.45, 2.75) is 6.18 Å². The first kappa shape index (κ1) is 38.8. The second kappa shape index (κ2) is 14.9. The Balaban J connectivity index is 1.30. The van der Waals surface area contributed by atoms with Gasteiger partial charge in [-0.2, -0.15) is 29.0 Å². The van der Waals surface area contributed by atoms with E-state index in [1.165, 1.54) is 24.3 Å².